The number of ether oxygens (including phenoxy) is 1. The highest BCUT2D eigenvalue weighted by molar-refractivity contribution is 6.01. The van der Waals surface area contributed by atoms with Gasteiger partial charge in [-0.25, -0.2) is 0 Å². The predicted octanol–water partition coefficient (Wildman–Crippen LogP) is 3.33. The minimum atomic E-state index is 0.167. The van der Waals surface area contributed by atoms with Crippen LogP contribution in [0.2, 0.25) is 0 Å². The third-order valence-electron chi connectivity index (χ3n) is 2.31. The van der Waals surface area contributed by atoms with Gasteiger partial charge in [-0.15, -0.1) is 0 Å². The summed E-state index contributed by atoms with van der Waals surface area (Å²) in [5.41, 5.74) is 3.03. The summed E-state index contributed by atoms with van der Waals surface area (Å²) in [5.74, 6) is 0. The fourth-order valence-electron chi connectivity index (χ4n) is 1.32. The number of hydrogen-bond donors (Lipinski definition) is 0. The van der Waals surface area contributed by atoms with Crippen molar-refractivity contribution in [3.05, 3.63) is 48.0 Å². The Morgan fingerprint density at radius 2 is 2.00 bits per heavy atom. The van der Waals surface area contributed by atoms with Crippen molar-refractivity contribution >= 4 is 5.71 Å². The molecule has 0 bridgehead atoms. The van der Waals surface area contributed by atoms with Gasteiger partial charge in [-0.1, -0.05) is 47.6 Å². The quantitative estimate of drug-likeness (QED) is 0.320. The van der Waals surface area contributed by atoms with Gasteiger partial charge in [0.05, 0.1) is 12.7 Å². The molecule has 0 aliphatic carbocycles. The fourth-order valence-corrected chi connectivity index (χ4v) is 1.32. The molecule has 3 nitrogen and oxygen atoms in total. The molecule has 0 N–H and O–H groups in total. The molecule has 1 rings (SSSR count). The van der Waals surface area contributed by atoms with Gasteiger partial charge in [0, 0.05) is 5.56 Å². The molecule has 0 amide bonds. The van der Waals surface area contributed by atoms with Crippen LogP contribution < -0.4 is 0 Å². The molecular formula is C15H21NO2. The first-order chi connectivity index (χ1) is 8.63. The van der Waals surface area contributed by atoms with Crippen LogP contribution in [0.5, 0.6) is 0 Å². The molecule has 0 unspecified atom stereocenters. The first-order valence-corrected chi connectivity index (χ1v) is 6.12. The van der Waals surface area contributed by atoms with Gasteiger partial charge in [-0.2, -0.15) is 0 Å². The summed E-state index contributed by atoms with van der Waals surface area (Å²) in [6.07, 6.45) is 1.83. The lowest BCUT2D eigenvalue weighted by molar-refractivity contribution is 0.106. The Morgan fingerprint density at radius 1 is 1.33 bits per heavy atom. The van der Waals surface area contributed by atoms with E-state index in [2.05, 4.69) is 18.7 Å². The zero-order chi connectivity index (χ0) is 13.4. The molecule has 3 heteroatoms. The molecular weight excluding hydrogens is 226 g/mol. The van der Waals surface area contributed by atoms with E-state index >= 15 is 0 Å². The Hall–Kier alpha value is -1.61. The summed E-state index contributed by atoms with van der Waals surface area (Å²) in [7, 11) is 0. The molecule has 0 atom stereocenters. The van der Waals surface area contributed by atoms with Crippen molar-refractivity contribution in [1.82, 2.24) is 0 Å². The van der Waals surface area contributed by atoms with Crippen molar-refractivity contribution in [2.45, 2.75) is 26.9 Å². The van der Waals surface area contributed by atoms with E-state index in [1.165, 1.54) is 5.56 Å². The molecule has 0 fully saturated rings. The molecule has 0 radical (unpaired) electrons. The van der Waals surface area contributed by atoms with E-state index < -0.39 is 0 Å². The van der Waals surface area contributed by atoms with E-state index in [0.717, 1.165) is 11.3 Å². The molecule has 0 aromatic heterocycles. The molecule has 0 saturated heterocycles. The lowest BCUT2D eigenvalue weighted by Crippen LogP contribution is -2.15. The Kier molecular flexibility index (Phi) is 6.15. The van der Waals surface area contributed by atoms with Crippen LogP contribution in [0, 0.1) is 6.92 Å². The number of aryl methyl sites for hydroxylation is 1. The maximum Gasteiger partial charge on any atom is 0.135 e. The average molecular weight is 247 g/mol. The second-order valence-corrected chi connectivity index (χ2v) is 4.35. The lowest BCUT2D eigenvalue weighted by Gasteiger charge is -2.10. The molecule has 1 aromatic carbocycles. The van der Waals surface area contributed by atoms with Crippen LogP contribution in [0.4, 0.5) is 0 Å². The van der Waals surface area contributed by atoms with Crippen molar-refractivity contribution in [2.75, 3.05) is 13.2 Å². The summed E-state index contributed by atoms with van der Waals surface area (Å²) in [5, 5.41) is 4.11. The molecule has 0 spiro atoms. The van der Waals surface area contributed by atoms with Crippen LogP contribution in [0.25, 0.3) is 0 Å². The van der Waals surface area contributed by atoms with Crippen molar-refractivity contribution < 1.29 is 9.57 Å². The SMILES string of the molecule is C=CCON=C(COC(C)C)c1ccc(C)cc1. The molecule has 0 aliphatic rings. The lowest BCUT2D eigenvalue weighted by atomic mass is 10.1. The first-order valence-electron chi connectivity index (χ1n) is 6.12. The highest BCUT2D eigenvalue weighted by atomic mass is 16.6. The zero-order valence-electron chi connectivity index (χ0n) is 11.3. The summed E-state index contributed by atoms with van der Waals surface area (Å²) in [6, 6.07) is 8.14. The minimum absolute atomic E-state index is 0.167. The van der Waals surface area contributed by atoms with Crippen molar-refractivity contribution in [2.24, 2.45) is 5.16 Å². The molecule has 18 heavy (non-hydrogen) atoms. The largest absolute Gasteiger partial charge is 0.391 e. The topological polar surface area (TPSA) is 30.8 Å². The van der Waals surface area contributed by atoms with Gasteiger partial charge in [-0.3, -0.25) is 0 Å². The molecule has 0 saturated carbocycles. The predicted molar refractivity (Wildman–Crippen MR) is 75.0 cm³/mol. The van der Waals surface area contributed by atoms with Crippen LogP contribution in [0.1, 0.15) is 25.0 Å². The maximum atomic E-state index is 5.58. The van der Waals surface area contributed by atoms with E-state index in [-0.39, 0.29) is 6.10 Å². The monoisotopic (exact) mass is 247 g/mol. The van der Waals surface area contributed by atoms with Gasteiger partial charge in [0.25, 0.3) is 0 Å². The van der Waals surface area contributed by atoms with E-state index in [9.17, 15) is 0 Å². The summed E-state index contributed by atoms with van der Waals surface area (Å²) >= 11 is 0. The second kappa shape index (κ2) is 7.67. The number of hydrogen-bond acceptors (Lipinski definition) is 3. The molecule has 1 aromatic rings. The van der Waals surface area contributed by atoms with Gasteiger partial charge in [0.15, 0.2) is 0 Å². The van der Waals surface area contributed by atoms with Gasteiger partial charge < -0.3 is 9.57 Å². The first kappa shape index (κ1) is 14.5. The molecule has 0 heterocycles. The Balaban J connectivity index is 2.78. The van der Waals surface area contributed by atoms with Crippen LogP contribution >= 0.6 is 0 Å². The standard InChI is InChI=1S/C15H21NO2/c1-5-10-18-16-15(11-17-12(2)3)14-8-6-13(4)7-9-14/h5-9,12H,1,10-11H2,2-4H3. The van der Waals surface area contributed by atoms with Gasteiger partial charge >= 0.3 is 0 Å². The van der Waals surface area contributed by atoms with Crippen LogP contribution in [-0.2, 0) is 9.57 Å². The van der Waals surface area contributed by atoms with Crippen molar-refractivity contribution in [1.29, 1.82) is 0 Å². The Morgan fingerprint density at radius 3 is 2.56 bits per heavy atom. The molecule has 98 valence electrons. The van der Waals surface area contributed by atoms with Gasteiger partial charge in [0.1, 0.15) is 12.3 Å². The second-order valence-electron chi connectivity index (χ2n) is 4.35. The number of benzene rings is 1. The summed E-state index contributed by atoms with van der Waals surface area (Å²) < 4.78 is 5.58. The van der Waals surface area contributed by atoms with Crippen LogP contribution in [-0.4, -0.2) is 25.0 Å². The van der Waals surface area contributed by atoms with Gasteiger partial charge in [-0.05, 0) is 20.8 Å². The minimum Gasteiger partial charge on any atom is -0.391 e. The number of nitrogens with zero attached hydrogens (tertiary/aromatic N) is 1. The highest BCUT2D eigenvalue weighted by Gasteiger charge is 2.06. The van der Waals surface area contributed by atoms with Crippen LogP contribution in [0.15, 0.2) is 42.1 Å². The molecule has 0 aliphatic heterocycles. The van der Waals surface area contributed by atoms with Gasteiger partial charge in [0.2, 0.25) is 0 Å². The smallest absolute Gasteiger partial charge is 0.135 e. The Labute approximate surface area is 109 Å². The van der Waals surface area contributed by atoms with Crippen LogP contribution in [0.3, 0.4) is 0 Å². The van der Waals surface area contributed by atoms with E-state index in [4.69, 9.17) is 9.57 Å². The normalized spacial score (nSPS) is 11.7. The fraction of sp³-hybridized carbons (Fsp3) is 0.400. The third kappa shape index (κ3) is 5.15. The van der Waals surface area contributed by atoms with E-state index in [1.807, 2.05) is 38.1 Å². The maximum absolute atomic E-state index is 5.58. The average Bonchev–Trinajstić information content (AvgIpc) is 2.34. The van der Waals surface area contributed by atoms with Crippen molar-refractivity contribution in [3.8, 4) is 0 Å². The Bertz CT molecular complexity index is 393. The van der Waals surface area contributed by atoms with E-state index in [1.54, 1.807) is 6.08 Å². The highest BCUT2D eigenvalue weighted by Crippen LogP contribution is 2.06. The summed E-state index contributed by atoms with van der Waals surface area (Å²) in [4.78, 5) is 5.15. The third-order valence-corrected chi connectivity index (χ3v) is 2.31. The number of rotatable bonds is 7. The van der Waals surface area contributed by atoms with Crippen molar-refractivity contribution in [3.63, 3.8) is 0 Å². The zero-order valence-corrected chi connectivity index (χ0v) is 11.3. The van der Waals surface area contributed by atoms with E-state index in [0.29, 0.717) is 13.2 Å². The summed E-state index contributed by atoms with van der Waals surface area (Å²) in [6.45, 7) is 10.5. The number of oxime groups is 1.